The van der Waals surface area contributed by atoms with Crippen LogP contribution in [-0.2, 0) is 4.79 Å². The van der Waals surface area contributed by atoms with Crippen molar-refractivity contribution in [3.63, 3.8) is 0 Å². The summed E-state index contributed by atoms with van der Waals surface area (Å²) in [5, 5.41) is 17.2. The SMILES string of the molecule is [NH]C(CCC(O)CN)C(=O)O. The first kappa shape index (κ1) is 10.3. The summed E-state index contributed by atoms with van der Waals surface area (Å²) < 4.78 is 0. The van der Waals surface area contributed by atoms with E-state index in [1.54, 1.807) is 0 Å². The summed E-state index contributed by atoms with van der Waals surface area (Å²) in [6.45, 7) is 0.117. The lowest BCUT2D eigenvalue weighted by Gasteiger charge is -2.08. The van der Waals surface area contributed by atoms with Gasteiger partial charge in [0.25, 0.3) is 0 Å². The Labute approximate surface area is 65.0 Å². The molecule has 0 bridgehead atoms. The Hall–Kier alpha value is -0.650. The van der Waals surface area contributed by atoms with Gasteiger partial charge in [0.1, 0.15) is 6.04 Å². The van der Waals surface area contributed by atoms with E-state index in [2.05, 4.69) is 0 Å². The summed E-state index contributed by atoms with van der Waals surface area (Å²) in [5.74, 6) is -1.16. The van der Waals surface area contributed by atoms with Gasteiger partial charge in [0.15, 0.2) is 0 Å². The van der Waals surface area contributed by atoms with Crippen molar-refractivity contribution in [2.75, 3.05) is 6.54 Å². The molecule has 11 heavy (non-hydrogen) atoms. The van der Waals surface area contributed by atoms with Gasteiger partial charge in [-0.3, -0.25) is 4.79 Å². The number of carboxylic acid groups (broad SMARTS) is 1. The van der Waals surface area contributed by atoms with Crippen LogP contribution >= 0.6 is 0 Å². The zero-order valence-corrected chi connectivity index (χ0v) is 6.16. The molecule has 0 aliphatic heterocycles. The normalized spacial score (nSPS) is 15.9. The van der Waals surface area contributed by atoms with Gasteiger partial charge in [0.05, 0.1) is 6.10 Å². The maximum absolute atomic E-state index is 10.1. The Kier molecular flexibility index (Phi) is 4.76. The average Bonchev–Trinajstić information content (AvgIpc) is 1.99. The summed E-state index contributed by atoms with van der Waals surface area (Å²) in [7, 11) is 0. The van der Waals surface area contributed by atoms with Gasteiger partial charge in [0, 0.05) is 6.54 Å². The fraction of sp³-hybridized carbons (Fsp3) is 0.833. The Morgan fingerprint density at radius 3 is 2.45 bits per heavy atom. The van der Waals surface area contributed by atoms with E-state index in [4.69, 9.17) is 21.7 Å². The van der Waals surface area contributed by atoms with Crippen molar-refractivity contribution in [1.29, 1.82) is 0 Å². The van der Waals surface area contributed by atoms with Gasteiger partial charge in [-0.05, 0) is 12.8 Å². The van der Waals surface area contributed by atoms with Crippen LogP contribution in [0.15, 0.2) is 0 Å². The number of carboxylic acids is 1. The van der Waals surface area contributed by atoms with E-state index in [-0.39, 0.29) is 19.4 Å². The molecule has 5 heteroatoms. The van der Waals surface area contributed by atoms with Crippen LogP contribution in [0.25, 0.3) is 0 Å². The van der Waals surface area contributed by atoms with Crippen molar-refractivity contribution < 1.29 is 15.0 Å². The molecule has 0 saturated heterocycles. The molecule has 2 atom stereocenters. The standard InChI is InChI=1S/C6H13N2O3/c7-3-4(9)1-2-5(8)6(10)11/h4-5,8-9H,1-3,7H2,(H,10,11). The predicted octanol–water partition coefficient (Wildman–Crippen LogP) is -1.18. The Morgan fingerprint density at radius 2 is 2.09 bits per heavy atom. The molecule has 0 aromatic heterocycles. The van der Waals surface area contributed by atoms with Gasteiger partial charge in [-0.1, -0.05) is 0 Å². The van der Waals surface area contributed by atoms with Crippen LogP contribution < -0.4 is 11.5 Å². The molecule has 0 spiro atoms. The lowest BCUT2D eigenvalue weighted by atomic mass is 10.1. The summed E-state index contributed by atoms with van der Waals surface area (Å²) in [6, 6.07) is -1.14. The van der Waals surface area contributed by atoms with Crippen molar-refractivity contribution in [2.45, 2.75) is 25.0 Å². The minimum atomic E-state index is -1.16. The van der Waals surface area contributed by atoms with Crippen LogP contribution in [0.5, 0.6) is 0 Å². The second kappa shape index (κ2) is 5.06. The average molecular weight is 161 g/mol. The van der Waals surface area contributed by atoms with E-state index in [1.165, 1.54) is 0 Å². The van der Waals surface area contributed by atoms with Gasteiger partial charge in [-0.15, -0.1) is 0 Å². The third kappa shape index (κ3) is 4.72. The van der Waals surface area contributed by atoms with Crippen LogP contribution in [0.2, 0.25) is 0 Å². The second-order valence-electron chi connectivity index (χ2n) is 2.36. The first-order valence-corrected chi connectivity index (χ1v) is 3.40. The number of nitrogens with two attached hydrogens (primary N) is 1. The van der Waals surface area contributed by atoms with Crippen LogP contribution in [0.3, 0.4) is 0 Å². The molecule has 5 nitrogen and oxygen atoms in total. The summed E-state index contributed by atoms with van der Waals surface area (Å²) in [4.78, 5) is 10.1. The van der Waals surface area contributed by atoms with Crippen molar-refractivity contribution in [1.82, 2.24) is 5.73 Å². The zero-order valence-electron chi connectivity index (χ0n) is 6.16. The maximum atomic E-state index is 10.1. The highest BCUT2D eigenvalue weighted by molar-refractivity contribution is 5.72. The Morgan fingerprint density at radius 1 is 1.55 bits per heavy atom. The highest BCUT2D eigenvalue weighted by atomic mass is 16.4. The number of nitrogens with one attached hydrogen (secondary N) is 1. The number of aliphatic hydroxyl groups excluding tert-OH is 1. The Balaban J connectivity index is 3.45. The predicted molar refractivity (Wildman–Crippen MR) is 38.8 cm³/mol. The summed E-state index contributed by atoms with van der Waals surface area (Å²) >= 11 is 0. The second-order valence-corrected chi connectivity index (χ2v) is 2.36. The van der Waals surface area contributed by atoms with Crippen LogP contribution in [0.4, 0.5) is 0 Å². The first-order chi connectivity index (χ1) is 5.07. The van der Waals surface area contributed by atoms with Gasteiger partial charge in [-0.2, -0.15) is 0 Å². The zero-order chi connectivity index (χ0) is 8.85. The van der Waals surface area contributed by atoms with Crippen LogP contribution in [0.1, 0.15) is 12.8 Å². The van der Waals surface area contributed by atoms with Crippen LogP contribution in [0, 0.1) is 0 Å². The van der Waals surface area contributed by atoms with Gasteiger partial charge in [0.2, 0.25) is 0 Å². The van der Waals surface area contributed by atoms with Gasteiger partial charge >= 0.3 is 5.97 Å². The summed E-state index contributed by atoms with van der Waals surface area (Å²) in [6.07, 6.45) is -0.257. The minimum absolute atomic E-state index is 0.117. The largest absolute Gasteiger partial charge is 0.480 e. The molecule has 0 saturated carbocycles. The molecule has 2 unspecified atom stereocenters. The van der Waals surface area contributed by atoms with E-state index >= 15 is 0 Å². The monoisotopic (exact) mass is 161 g/mol. The van der Waals surface area contributed by atoms with Crippen molar-refractivity contribution in [3.05, 3.63) is 0 Å². The topological polar surface area (TPSA) is 107 Å². The quantitative estimate of drug-likeness (QED) is 0.471. The van der Waals surface area contributed by atoms with E-state index in [1.807, 2.05) is 0 Å². The lowest BCUT2D eigenvalue weighted by molar-refractivity contribution is -0.139. The number of rotatable bonds is 5. The summed E-state index contributed by atoms with van der Waals surface area (Å²) in [5.41, 5.74) is 12.0. The molecular formula is C6H13N2O3. The van der Waals surface area contributed by atoms with Crippen molar-refractivity contribution in [2.24, 2.45) is 5.73 Å². The third-order valence-electron chi connectivity index (χ3n) is 1.36. The maximum Gasteiger partial charge on any atom is 0.322 e. The third-order valence-corrected chi connectivity index (χ3v) is 1.36. The number of aliphatic hydroxyl groups is 1. The smallest absolute Gasteiger partial charge is 0.322 e. The molecule has 0 aliphatic carbocycles. The molecule has 0 fully saturated rings. The number of hydrogen-bond donors (Lipinski definition) is 3. The molecule has 0 aliphatic rings. The Bertz CT molecular complexity index is 129. The molecule has 0 aromatic rings. The molecule has 5 N–H and O–H groups in total. The van der Waals surface area contributed by atoms with E-state index in [0.717, 1.165) is 0 Å². The number of hydrogen-bond acceptors (Lipinski definition) is 3. The molecule has 0 amide bonds. The number of aliphatic carboxylic acids is 1. The van der Waals surface area contributed by atoms with Crippen LogP contribution in [-0.4, -0.2) is 34.9 Å². The van der Waals surface area contributed by atoms with Crippen molar-refractivity contribution in [3.8, 4) is 0 Å². The molecule has 65 valence electrons. The molecule has 1 radical (unpaired) electrons. The van der Waals surface area contributed by atoms with E-state index < -0.39 is 18.1 Å². The minimum Gasteiger partial charge on any atom is -0.480 e. The first-order valence-electron chi connectivity index (χ1n) is 3.40. The molecule has 0 heterocycles. The van der Waals surface area contributed by atoms with E-state index in [0.29, 0.717) is 0 Å². The molecular weight excluding hydrogens is 148 g/mol. The number of carbonyl (C=O) groups is 1. The van der Waals surface area contributed by atoms with E-state index in [9.17, 15) is 4.79 Å². The fourth-order valence-electron chi connectivity index (χ4n) is 0.600. The van der Waals surface area contributed by atoms with Gasteiger partial charge in [-0.25, -0.2) is 5.73 Å². The molecule has 0 aromatic carbocycles. The highest BCUT2D eigenvalue weighted by Gasteiger charge is 2.13. The highest BCUT2D eigenvalue weighted by Crippen LogP contribution is 1.99. The van der Waals surface area contributed by atoms with Crippen molar-refractivity contribution >= 4 is 5.97 Å². The lowest BCUT2D eigenvalue weighted by Crippen LogP contribution is -2.26. The molecule has 0 rings (SSSR count). The van der Waals surface area contributed by atoms with Gasteiger partial charge < -0.3 is 15.9 Å². The fourth-order valence-corrected chi connectivity index (χ4v) is 0.600.